The van der Waals surface area contributed by atoms with Crippen molar-refractivity contribution in [2.75, 3.05) is 0 Å². The number of unbranched alkanes of at least 4 members (excludes halogenated alkanes) is 5. The van der Waals surface area contributed by atoms with Crippen LogP contribution in [0.4, 0.5) is 0 Å². The number of aliphatic carboxylic acids is 1. The van der Waals surface area contributed by atoms with Gasteiger partial charge in [0.2, 0.25) is 0 Å². The molecular weight excluding hydrogens is 228 g/mol. The average molecular weight is 248 g/mol. The van der Waals surface area contributed by atoms with Crippen molar-refractivity contribution in [1.82, 2.24) is 0 Å². The Hall–Kier alpha value is -1.60. The zero-order valence-electron chi connectivity index (χ0n) is 10.7. The SMILES string of the molecule is O=C(O)CCCCCCCCC(=O)C1=C=CC=C1. The van der Waals surface area contributed by atoms with Gasteiger partial charge < -0.3 is 5.11 Å². The fourth-order valence-corrected chi connectivity index (χ4v) is 1.91. The summed E-state index contributed by atoms with van der Waals surface area (Å²) < 4.78 is 0. The van der Waals surface area contributed by atoms with Crippen molar-refractivity contribution in [3.05, 3.63) is 29.5 Å². The summed E-state index contributed by atoms with van der Waals surface area (Å²) in [6.45, 7) is 0. The van der Waals surface area contributed by atoms with Crippen LogP contribution in [-0.4, -0.2) is 16.9 Å². The van der Waals surface area contributed by atoms with E-state index in [2.05, 4.69) is 5.73 Å². The number of carboxylic acids is 1. The number of hydrogen-bond donors (Lipinski definition) is 1. The molecule has 0 saturated heterocycles. The van der Waals surface area contributed by atoms with E-state index in [-0.39, 0.29) is 12.2 Å². The van der Waals surface area contributed by atoms with Crippen LogP contribution in [0.25, 0.3) is 0 Å². The molecule has 0 aromatic carbocycles. The van der Waals surface area contributed by atoms with Crippen LogP contribution in [0.15, 0.2) is 29.5 Å². The highest BCUT2D eigenvalue weighted by molar-refractivity contribution is 5.98. The maximum absolute atomic E-state index is 11.6. The first-order chi connectivity index (χ1) is 8.70. The van der Waals surface area contributed by atoms with Gasteiger partial charge in [0, 0.05) is 12.8 Å². The van der Waals surface area contributed by atoms with Crippen LogP contribution < -0.4 is 0 Å². The van der Waals surface area contributed by atoms with Crippen LogP contribution in [-0.2, 0) is 9.59 Å². The van der Waals surface area contributed by atoms with Gasteiger partial charge in [0.15, 0.2) is 5.78 Å². The van der Waals surface area contributed by atoms with Gasteiger partial charge in [0.25, 0.3) is 0 Å². The Labute approximate surface area is 108 Å². The third-order valence-corrected chi connectivity index (χ3v) is 2.94. The molecule has 0 aromatic heterocycles. The summed E-state index contributed by atoms with van der Waals surface area (Å²) in [4.78, 5) is 21.9. The quantitative estimate of drug-likeness (QED) is 0.476. The van der Waals surface area contributed by atoms with Crippen molar-refractivity contribution in [3.63, 3.8) is 0 Å². The number of carboxylic acid groups (broad SMARTS) is 1. The fourth-order valence-electron chi connectivity index (χ4n) is 1.91. The molecule has 0 heterocycles. The Kier molecular flexibility index (Phi) is 6.82. The molecule has 1 N–H and O–H groups in total. The lowest BCUT2D eigenvalue weighted by Gasteiger charge is -2.01. The van der Waals surface area contributed by atoms with E-state index in [1.165, 1.54) is 0 Å². The molecule has 1 aliphatic carbocycles. The van der Waals surface area contributed by atoms with Crippen LogP contribution in [0.5, 0.6) is 0 Å². The highest BCUT2D eigenvalue weighted by atomic mass is 16.4. The minimum atomic E-state index is -0.716. The van der Waals surface area contributed by atoms with Gasteiger partial charge in [-0.3, -0.25) is 9.59 Å². The zero-order valence-corrected chi connectivity index (χ0v) is 10.7. The molecule has 0 amide bonds. The first kappa shape index (κ1) is 14.5. The highest BCUT2D eigenvalue weighted by Crippen LogP contribution is 2.12. The van der Waals surface area contributed by atoms with E-state index in [1.807, 2.05) is 6.08 Å². The first-order valence-corrected chi connectivity index (χ1v) is 6.58. The average Bonchev–Trinajstić information content (AvgIpc) is 2.85. The minimum absolute atomic E-state index is 0.172. The van der Waals surface area contributed by atoms with Crippen molar-refractivity contribution in [3.8, 4) is 0 Å². The molecule has 0 fully saturated rings. The molecule has 98 valence electrons. The number of carbonyl (C=O) groups excluding carboxylic acids is 1. The number of rotatable bonds is 10. The summed E-state index contributed by atoms with van der Waals surface area (Å²) >= 11 is 0. The van der Waals surface area contributed by atoms with Crippen LogP contribution in [0, 0.1) is 0 Å². The van der Waals surface area contributed by atoms with E-state index in [0.717, 1.165) is 38.5 Å². The van der Waals surface area contributed by atoms with Gasteiger partial charge in [-0.25, -0.2) is 0 Å². The number of allylic oxidation sites excluding steroid dienone is 3. The maximum atomic E-state index is 11.6. The fraction of sp³-hybridized carbons (Fsp3) is 0.533. The van der Waals surface area contributed by atoms with Crippen molar-refractivity contribution in [2.45, 2.75) is 51.4 Å². The minimum Gasteiger partial charge on any atom is -0.481 e. The summed E-state index contributed by atoms with van der Waals surface area (Å²) in [5, 5.41) is 8.47. The Bertz CT molecular complexity index is 385. The normalized spacial score (nSPS) is 12.8. The molecule has 1 rings (SSSR count). The van der Waals surface area contributed by atoms with E-state index in [0.29, 0.717) is 12.0 Å². The largest absolute Gasteiger partial charge is 0.481 e. The van der Waals surface area contributed by atoms with E-state index in [9.17, 15) is 9.59 Å². The van der Waals surface area contributed by atoms with Gasteiger partial charge in [-0.15, -0.1) is 5.73 Å². The molecule has 0 saturated carbocycles. The molecule has 3 nitrogen and oxygen atoms in total. The van der Waals surface area contributed by atoms with Gasteiger partial charge in [-0.1, -0.05) is 31.8 Å². The van der Waals surface area contributed by atoms with Gasteiger partial charge >= 0.3 is 5.97 Å². The van der Waals surface area contributed by atoms with Crippen LogP contribution in [0.1, 0.15) is 51.4 Å². The molecule has 0 atom stereocenters. The summed E-state index contributed by atoms with van der Waals surface area (Å²) in [7, 11) is 0. The Morgan fingerprint density at radius 1 is 1.00 bits per heavy atom. The zero-order chi connectivity index (χ0) is 13.2. The molecule has 0 spiro atoms. The summed E-state index contributed by atoms with van der Waals surface area (Å²) in [5.41, 5.74) is 3.60. The third kappa shape index (κ3) is 6.21. The lowest BCUT2D eigenvalue weighted by Crippen LogP contribution is -1.98. The number of Topliss-reactive ketones (excluding diaryl/α,β-unsaturated/α-hetero) is 1. The molecule has 0 radical (unpaired) electrons. The number of hydrogen-bond acceptors (Lipinski definition) is 2. The van der Waals surface area contributed by atoms with Gasteiger partial charge in [0.1, 0.15) is 0 Å². The van der Waals surface area contributed by atoms with Gasteiger partial charge in [0.05, 0.1) is 5.57 Å². The van der Waals surface area contributed by atoms with E-state index >= 15 is 0 Å². The van der Waals surface area contributed by atoms with Crippen molar-refractivity contribution >= 4 is 11.8 Å². The van der Waals surface area contributed by atoms with Gasteiger partial charge in [-0.2, -0.15) is 0 Å². The second kappa shape index (κ2) is 8.48. The Balaban J connectivity index is 1.93. The van der Waals surface area contributed by atoms with Crippen molar-refractivity contribution < 1.29 is 14.7 Å². The van der Waals surface area contributed by atoms with Crippen molar-refractivity contribution in [1.29, 1.82) is 0 Å². The molecule has 1 aliphatic rings. The van der Waals surface area contributed by atoms with Gasteiger partial charge in [-0.05, 0) is 25.0 Å². The van der Waals surface area contributed by atoms with Crippen LogP contribution in [0.2, 0.25) is 0 Å². The Morgan fingerprint density at radius 3 is 2.17 bits per heavy atom. The number of carbonyl (C=O) groups is 2. The Morgan fingerprint density at radius 2 is 1.61 bits per heavy atom. The maximum Gasteiger partial charge on any atom is 0.303 e. The first-order valence-electron chi connectivity index (χ1n) is 6.58. The molecule has 0 unspecified atom stereocenters. The number of ketones is 1. The molecule has 0 aromatic rings. The van der Waals surface area contributed by atoms with Crippen LogP contribution >= 0.6 is 0 Å². The molecule has 3 heteroatoms. The topological polar surface area (TPSA) is 54.4 Å². The molecule has 0 bridgehead atoms. The molecule has 18 heavy (non-hydrogen) atoms. The van der Waals surface area contributed by atoms with E-state index in [1.54, 1.807) is 12.2 Å². The van der Waals surface area contributed by atoms with Crippen LogP contribution in [0.3, 0.4) is 0 Å². The monoisotopic (exact) mass is 248 g/mol. The second-order valence-electron chi connectivity index (χ2n) is 4.52. The predicted molar refractivity (Wildman–Crippen MR) is 70.3 cm³/mol. The standard InChI is InChI=1S/C15H20O3/c16-14(13-9-7-8-10-13)11-5-3-1-2-4-6-12-15(17)18/h7-9H,1-6,11-12H2,(H,17,18). The third-order valence-electron chi connectivity index (χ3n) is 2.94. The lowest BCUT2D eigenvalue weighted by atomic mass is 10.0. The summed E-state index contributed by atoms with van der Waals surface area (Å²) in [6, 6.07) is 0. The smallest absolute Gasteiger partial charge is 0.303 e. The highest BCUT2D eigenvalue weighted by Gasteiger charge is 2.06. The predicted octanol–water partition coefficient (Wildman–Crippen LogP) is 3.41. The lowest BCUT2D eigenvalue weighted by molar-refractivity contribution is -0.137. The summed E-state index contributed by atoms with van der Waals surface area (Å²) in [5.74, 6) is -0.544. The molecule has 0 aliphatic heterocycles. The van der Waals surface area contributed by atoms with E-state index in [4.69, 9.17) is 5.11 Å². The summed E-state index contributed by atoms with van der Waals surface area (Å²) in [6.07, 6.45) is 12.1. The molecular formula is C15H20O3. The van der Waals surface area contributed by atoms with Crippen molar-refractivity contribution in [2.24, 2.45) is 0 Å². The second-order valence-corrected chi connectivity index (χ2v) is 4.52. The van der Waals surface area contributed by atoms with E-state index < -0.39 is 5.97 Å².